The number of aryl methyl sites for hydroxylation is 3. The summed E-state index contributed by atoms with van der Waals surface area (Å²) in [5.41, 5.74) is 3.12. The molecule has 1 saturated heterocycles. The number of amides is 1. The maximum absolute atomic E-state index is 13.0. The van der Waals surface area contributed by atoms with Crippen LogP contribution in [0.2, 0.25) is 0 Å². The predicted molar refractivity (Wildman–Crippen MR) is 91.6 cm³/mol. The van der Waals surface area contributed by atoms with Crippen LogP contribution in [0.3, 0.4) is 0 Å². The van der Waals surface area contributed by atoms with Gasteiger partial charge in [0, 0.05) is 19.0 Å². The lowest BCUT2D eigenvalue weighted by Gasteiger charge is -2.18. The SMILES string of the molecule is CCc1noc(C)c1C(=O)N1C[C@@H](C(=O)O)[C@H](c2ccccc2C)C1. The zero-order valence-corrected chi connectivity index (χ0v) is 14.7. The third-order valence-electron chi connectivity index (χ3n) is 4.99. The second-order valence-corrected chi connectivity index (χ2v) is 6.53. The van der Waals surface area contributed by atoms with Gasteiger partial charge >= 0.3 is 5.97 Å². The highest BCUT2D eigenvalue weighted by atomic mass is 16.5. The molecule has 6 nitrogen and oxygen atoms in total. The van der Waals surface area contributed by atoms with Gasteiger partial charge in [-0.05, 0) is 31.4 Å². The van der Waals surface area contributed by atoms with E-state index in [-0.39, 0.29) is 18.4 Å². The molecule has 1 aliphatic heterocycles. The zero-order valence-electron chi connectivity index (χ0n) is 14.7. The minimum Gasteiger partial charge on any atom is -0.481 e. The Balaban J connectivity index is 1.92. The summed E-state index contributed by atoms with van der Waals surface area (Å²) < 4.78 is 5.16. The van der Waals surface area contributed by atoms with E-state index in [0.29, 0.717) is 30.0 Å². The molecule has 2 atom stereocenters. The molecule has 132 valence electrons. The Kier molecular flexibility index (Phi) is 4.61. The summed E-state index contributed by atoms with van der Waals surface area (Å²) in [6, 6.07) is 7.76. The first-order valence-corrected chi connectivity index (χ1v) is 8.46. The molecule has 25 heavy (non-hydrogen) atoms. The van der Waals surface area contributed by atoms with Crippen LogP contribution in [0.5, 0.6) is 0 Å². The third-order valence-corrected chi connectivity index (χ3v) is 4.99. The molecule has 2 aromatic rings. The Labute approximate surface area is 146 Å². The van der Waals surface area contributed by atoms with Crippen molar-refractivity contribution in [2.24, 2.45) is 5.92 Å². The van der Waals surface area contributed by atoms with Crippen molar-refractivity contribution in [1.29, 1.82) is 0 Å². The Morgan fingerprint density at radius 1 is 1.28 bits per heavy atom. The molecule has 0 aliphatic carbocycles. The molecule has 0 radical (unpaired) electrons. The number of carboxylic acid groups (broad SMARTS) is 1. The van der Waals surface area contributed by atoms with Crippen LogP contribution in [-0.4, -0.2) is 40.1 Å². The normalized spacial score (nSPS) is 20.0. The number of carbonyl (C=O) groups excluding carboxylic acids is 1. The van der Waals surface area contributed by atoms with E-state index in [9.17, 15) is 14.7 Å². The van der Waals surface area contributed by atoms with Crippen LogP contribution >= 0.6 is 0 Å². The summed E-state index contributed by atoms with van der Waals surface area (Å²) in [6.45, 7) is 6.17. The number of rotatable bonds is 4. The molecule has 0 bridgehead atoms. The first-order valence-electron chi connectivity index (χ1n) is 8.46. The first-order chi connectivity index (χ1) is 11.9. The van der Waals surface area contributed by atoms with Gasteiger partial charge in [-0.15, -0.1) is 0 Å². The van der Waals surface area contributed by atoms with Gasteiger partial charge in [0.25, 0.3) is 5.91 Å². The minimum absolute atomic E-state index is 0.195. The van der Waals surface area contributed by atoms with Crippen LogP contribution in [0.25, 0.3) is 0 Å². The highest BCUT2D eigenvalue weighted by Gasteiger charge is 2.42. The Hall–Kier alpha value is -2.63. The van der Waals surface area contributed by atoms with Crippen LogP contribution < -0.4 is 0 Å². The molecule has 1 N–H and O–H groups in total. The van der Waals surface area contributed by atoms with Gasteiger partial charge in [-0.25, -0.2) is 0 Å². The second-order valence-electron chi connectivity index (χ2n) is 6.53. The summed E-state index contributed by atoms with van der Waals surface area (Å²) in [7, 11) is 0. The fourth-order valence-electron chi connectivity index (χ4n) is 3.63. The molecule has 1 aromatic heterocycles. The summed E-state index contributed by atoms with van der Waals surface area (Å²) in [6.07, 6.45) is 0.593. The molecule has 6 heteroatoms. The number of carboxylic acids is 1. The molecule has 0 saturated carbocycles. The van der Waals surface area contributed by atoms with Crippen molar-refractivity contribution in [3.05, 3.63) is 52.4 Å². The molecular weight excluding hydrogens is 320 g/mol. The van der Waals surface area contributed by atoms with Gasteiger partial charge in [-0.1, -0.05) is 36.3 Å². The monoisotopic (exact) mass is 342 g/mol. The van der Waals surface area contributed by atoms with E-state index in [1.54, 1.807) is 11.8 Å². The van der Waals surface area contributed by atoms with Crippen molar-refractivity contribution in [3.8, 4) is 0 Å². The smallest absolute Gasteiger partial charge is 0.308 e. The summed E-state index contributed by atoms with van der Waals surface area (Å²) in [5.74, 6) is -1.42. The largest absolute Gasteiger partial charge is 0.481 e. The maximum Gasteiger partial charge on any atom is 0.308 e. The van der Waals surface area contributed by atoms with Crippen LogP contribution in [0, 0.1) is 19.8 Å². The Morgan fingerprint density at radius 2 is 2.00 bits per heavy atom. The molecule has 2 heterocycles. The van der Waals surface area contributed by atoms with E-state index >= 15 is 0 Å². The highest BCUT2D eigenvalue weighted by Crippen LogP contribution is 2.35. The fraction of sp³-hybridized carbons (Fsp3) is 0.421. The lowest BCUT2D eigenvalue weighted by atomic mass is 9.86. The van der Waals surface area contributed by atoms with Crippen molar-refractivity contribution < 1.29 is 19.2 Å². The molecule has 0 spiro atoms. The maximum atomic E-state index is 13.0. The fourth-order valence-corrected chi connectivity index (χ4v) is 3.63. The standard InChI is InChI=1S/C19H22N2O4/c1-4-16-17(12(3)25-20-16)18(22)21-9-14(15(10-21)19(23)24)13-8-6-5-7-11(13)2/h5-8,14-15H,4,9-10H2,1-3H3,(H,23,24)/t14-,15+/m0/s1. The zero-order chi connectivity index (χ0) is 18.1. The van der Waals surface area contributed by atoms with E-state index in [1.165, 1.54) is 0 Å². The van der Waals surface area contributed by atoms with Crippen LogP contribution in [-0.2, 0) is 11.2 Å². The van der Waals surface area contributed by atoms with Gasteiger partial charge in [-0.3, -0.25) is 9.59 Å². The van der Waals surface area contributed by atoms with Crippen molar-refractivity contribution in [3.63, 3.8) is 0 Å². The lowest BCUT2D eigenvalue weighted by Crippen LogP contribution is -2.30. The molecule has 1 aliphatic rings. The van der Waals surface area contributed by atoms with Crippen molar-refractivity contribution in [2.75, 3.05) is 13.1 Å². The molecule has 3 rings (SSSR count). The van der Waals surface area contributed by atoms with Crippen LogP contribution in [0.1, 0.15) is 45.8 Å². The number of carbonyl (C=O) groups is 2. The van der Waals surface area contributed by atoms with Gasteiger partial charge < -0.3 is 14.5 Å². The van der Waals surface area contributed by atoms with Gasteiger partial charge in [-0.2, -0.15) is 0 Å². The quantitative estimate of drug-likeness (QED) is 0.924. The van der Waals surface area contributed by atoms with E-state index in [4.69, 9.17) is 4.52 Å². The van der Waals surface area contributed by atoms with Gasteiger partial charge in [0.1, 0.15) is 11.3 Å². The number of likely N-dealkylation sites (tertiary alicyclic amines) is 1. The van der Waals surface area contributed by atoms with Crippen molar-refractivity contribution in [1.82, 2.24) is 10.1 Å². The van der Waals surface area contributed by atoms with Gasteiger partial charge in [0.05, 0.1) is 11.6 Å². The number of aliphatic carboxylic acids is 1. The van der Waals surface area contributed by atoms with Crippen LogP contribution in [0.4, 0.5) is 0 Å². The topological polar surface area (TPSA) is 83.6 Å². The van der Waals surface area contributed by atoms with Crippen LogP contribution in [0.15, 0.2) is 28.8 Å². The van der Waals surface area contributed by atoms with E-state index in [0.717, 1.165) is 11.1 Å². The number of hydrogen-bond donors (Lipinski definition) is 1. The average molecular weight is 342 g/mol. The summed E-state index contributed by atoms with van der Waals surface area (Å²) in [4.78, 5) is 26.4. The first kappa shape index (κ1) is 17.2. The van der Waals surface area contributed by atoms with E-state index < -0.39 is 11.9 Å². The highest BCUT2D eigenvalue weighted by molar-refractivity contribution is 5.97. The number of aromatic nitrogens is 1. The van der Waals surface area contributed by atoms with E-state index in [1.807, 2.05) is 38.1 Å². The van der Waals surface area contributed by atoms with Crippen molar-refractivity contribution >= 4 is 11.9 Å². The van der Waals surface area contributed by atoms with Gasteiger partial charge in [0.15, 0.2) is 0 Å². The van der Waals surface area contributed by atoms with Crippen molar-refractivity contribution in [2.45, 2.75) is 33.1 Å². The summed E-state index contributed by atoms with van der Waals surface area (Å²) >= 11 is 0. The van der Waals surface area contributed by atoms with Gasteiger partial charge in [0.2, 0.25) is 0 Å². The average Bonchev–Trinajstić information content (AvgIpc) is 3.18. The number of hydrogen-bond acceptors (Lipinski definition) is 4. The number of benzene rings is 1. The minimum atomic E-state index is -0.874. The molecule has 0 unspecified atom stereocenters. The third kappa shape index (κ3) is 3.04. The molecule has 1 amide bonds. The molecular formula is C19H22N2O4. The Bertz CT molecular complexity index is 812. The second kappa shape index (κ2) is 6.70. The summed E-state index contributed by atoms with van der Waals surface area (Å²) in [5, 5.41) is 13.6. The molecule has 1 aromatic carbocycles. The number of nitrogens with zero attached hydrogens (tertiary/aromatic N) is 2. The predicted octanol–water partition coefficient (Wildman–Crippen LogP) is 2.79. The lowest BCUT2D eigenvalue weighted by molar-refractivity contribution is -0.141. The van der Waals surface area contributed by atoms with E-state index in [2.05, 4.69) is 5.16 Å². The molecule has 1 fully saturated rings. The Morgan fingerprint density at radius 3 is 2.64 bits per heavy atom.